The van der Waals surface area contributed by atoms with Crippen molar-refractivity contribution in [3.05, 3.63) is 23.8 Å². The number of hydrogen-bond acceptors (Lipinski definition) is 3. The maximum absolute atomic E-state index is 12.1. The Balaban J connectivity index is 2.42. The lowest BCUT2D eigenvalue weighted by Gasteiger charge is -2.26. The van der Waals surface area contributed by atoms with Crippen LogP contribution in [0.25, 0.3) is 0 Å². The van der Waals surface area contributed by atoms with Crippen molar-refractivity contribution in [1.82, 2.24) is 0 Å². The lowest BCUT2D eigenvalue weighted by Crippen LogP contribution is -2.34. The molecule has 0 aliphatic carbocycles. The summed E-state index contributed by atoms with van der Waals surface area (Å²) in [6.07, 6.45) is 0.398. The Morgan fingerprint density at radius 3 is 2.78 bits per heavy atom. The number of methoxy groups -OCH3 is 1. The van der Waals surface area contributed by atoms with Crippen molar-refractivity contribution < 1.29 is 14.6 Å². The third-order valence-electron chi connectivity index (χ3n) is 3.62. The Morgan fingerprint density at radius 1 is 1.50 bits per heavy atom. The van der Waals surface area contributed by atoms with Crippen LogP contribution in [0, 0.1) is 12.8 Å². The van der Waals surface area contributed by atoms with Crippen molar-refractivity contribution in [2.24, 2.45) is 5.92 Å². The summed E-state index contributed by atoms with van der Waals surface area (Å²) in [5, 5.41) is 9.29. The van der Waals surface area contributed by atoms with E-state index in [9.17, 15) is 9.90 Å². The summed E-state index contributed by atoms with van der Waals surface area (Å²) >= 11 is 0. The average molecular weight is 249 g/mol. The summed E-state index contributed by atoms with van der Waals surface area (Å²) in [6.45, 7) is 3.99. The van der Waals surface area contributed by atoms with E-state index in [1.165, 1.54) is 0 Å². The quantitative estimate of drug-likeness (QED) is 0.887. The first-order valence-electron chi connectivity index (χ1n) is 6.16. The van der Waals surface area contributed by atoms with E-state index in [0.29, 0.717) is 12.2 Å². The molecule has 18 heavy (non-hydrogen) atoms. The van der Waals surface area contributed by atoms with Gasteiger partial charge < -0.3 is 14.7 Å². The number of benzene rings is 1. The molecule has 2 rings (SSSR count). The molecule has 1 fully saturated rings. The number of aryl methyl sites for hydroxylation is 1. The molecular weight excluding hydrogens is 230 g/mol. The van der Waals surface area contributed by atoms with Gasteiger partial charge in [0.15, 0.2) is 0 Å². The van der Waals surface area contributed by atoms with Gasteiger partial charge in [-0.2, -0.15) is 0 Å². The number of ether oxygens (including phenoxy) is 1. The molecule has 0 bridgehead atoms. The first kappa shape index (κ1) is 12.9. The third-order valence-corrected chi connectivity index (χ3v) is 3.62. The molecule has 1 heterocycles. The molecular formula is C14H19NO3. The fourth-order valence-corrected chi connectivity index (χ4v) is 2.49. The number of rotatable bonds is 3. The van der Waals surface area contributed by atoms with Gasteiger partial charge in [0.1, 0.15) is 5.75 Å². The third kappa shape index (κ3) is 2.08. The molecule has 1 aliphatic heterocycles. The Labute approximate surface area is 107 Å². The fourth-order valence-electron chi connectivity index (χ4n) is 2.49. The van der Waals surface area contributed by atoms with Gasteiger partial charge in [0.25, 0.3) is 0 Å². The Hall–Kier alpha value is -1.55. The van der Waals surface area contributed by atoms with Crippen molar-refractivity contribution in [2.75, 3.05) is 18.6 Å². The molecule has 1 N–H and O–H groups in total. The number of anilines is 1. The van der Waals surface area contributed by atoms with Crippen molar-refractivity contribution in [1.29, 1.82) is 0 Å². The minimum atomic E-state index is -0.00167. The van der Waals surface area contributed by atoms with Gasteiger partial charge in [-0.05, 0) is 31.5 Å². The molecule has 2 atom stereocenters. The zero-order valence-corrected chi connectivity index (χ0v) is 11.0. The summed E-state index contributed by atoms with van der Waals surface area (Å²) < 4.78 is 5.32. The number of nitrogens with zero attached hydrogens (tertiary/aromatic N) is 1. The highest BCUT2D eigenvalue weighted by Gasteiger charge is 2.38. The first-order chi connectivity index (χ1) is 8.58. The van der Waals surface area contributed by atoms with Crippen LogP contribution in [0.2, 0.25) is 0 Å². The lowest BCUT2D eigenvalue weighted by molar-refractivity contribution is -0.117. The maximum Gasteiger partial charge on any atom is 0.227 e. The van der Waals surface area contributed by atoms with E-state index in [-0.39, 0.29) is 24.5 Å². The molecule has 0 radical (unpaired) electrons. The zero-order valence-electron chi connectivity index (χ0n) is 11.0. The standard InChI is InChI=1S/C14H19NO3/c1-9-4-5-13(18-3)12(6-9)15-10(2)11(8-16)7-14(15)17/h4-6,10-11,16H,7-8H2,1-3H3. The second-order valence-corrected chi connectivity index (χ2v) is 4.83. The Bertz CT molecular complexity index is 458. The van der Waals surface area contributed by atoms with Crippen LogP contribution < -0.4 is 9.64 Å². The second-order valence-electron chi connectivity index (χ2n) is 4.83. The van der Waals surface area contributed by atoms with E-state index in [2.05, 4.69) is 0 Å². The fraction of sp³-hybridized carbons (Fsp3) is 0.500. The van der Waals surface area contributed by atoms with E-state index in [1.54, 1.807) is 12.0 Å². The second kappa shape index (κ2) is 4.98. The molecule has 1 aromatic carbocycles. The predicted octanol–water partition coefficient (Wildman–Crippen LogP) is 1.74. The molecule has 0 spiro atoms. The molecule has 2 unspecified atom stereocenters. The lowest BCUT2D eigenvalue weighted by atomic mass is 10.0. The highest BCUT2D eigenvalue weighted by Crippen LogP contribution is 2.37. The summed E-state index contributed by atoms with van der Waals surface area (Å²) in [5.74, 6) is 0.743. The summed E-state index contributed by atoms with van der Waals surface area (Å²) in [7, 11) is 1.60. The molecule has 1 saturated heterocycles. The summed E-state index contributed by atoms with van der Waals surface area (Å²) in [6, 6.07) is 5.78. The van der Waals surface area contributed by atoms with Crippen LogP contribution >= 0.6 is 0 Å². The van der Waals surface area contributed by atoms with Crippen LogP contribution in [-0.4, -0.2) is 30.8 Å². The van der Waals surface area contributed by atoms with E-state index >= 15 is 0 Å². The number of amides is 1. The number of carbonyl (C=O) groups is 1. The average Bonchev–Trinajstić information content (AvgIpc) is 2.64. The molecule has 0 saturated carbocycles. The minimum Gasteiger partial charge on any atom is -0.495 e. The monoisotopic (exact) mass is 249 g/mol. The molecule has 1 amide bonds. The van der Waals surface area contributed by atoms with Crippen molar-refractivity contribution in [3.63, 3.8) is 0 Å². The van der Waals surface area contributed by atoms with Gasteiger partial charge >= 0.3 is 0 Å². The van der Waals surface area contributed by atoms with Crippen LogP contribution in [0.5, 0.6) is 5.75 Å². The molecule has 98 valence electrons. The SMILES string of the molecule is COc1ccc(C)cc1N1C(=O)CC(CO)C1C. The highest BCUT2D eigenvalue weighted by atomic mass is 16.5. The zero-order chi connectivity index (χ0) is 13.3. The van der Waals surface area contributed by atoms with Crippen LogP contribution in [0.15, 0.2) is 18.2 Å². The van der Waals surface area contributed by atoms with Crippen LogP contribution in [-0.2, 0) is 4.79 Å². The molecule has 1 aliphatic rings. The van der Waals surface area contributed by atoms with E-state index in [4.69, 9.17) is 4.74 Å². The number of carbonyl (C=O) groups excluding carboxylic acids is 1. The summed E-state index contributed by atoms with van der Waals surface area (Å²) in [4.78, 5) is 13.8. The van der Waals surface area contributed by atoms with Gasteiger partial charge in [-0.3, -0.25) is 4.79 Å². The van der Waals surface area contributed by atoms with Gasteiger partial charge in [-0.1, -0.05) is 6.07 Å². The molecule has 1 aromatic rings. The Morgan fingerprint density at radius 2 is 2.22 bits per heavy atom. The number of hydrogen-bond donors (Lipinski definition) is 1. The predicted molar refractivity (Wildman–Crippen MR) is 69.9 cm³/mol. The van der Waals surface area contributed by atoms with E-state index in [1.807, 2.05) is 32.0 Å². The van der Waals surface area contributed by atoms with Crippen molar-refractivity contribution in [3.8, 4) is 5.75 Å². The van der Waals surface area contributed by atoms with Gasteiger partial charge in [-0.25, -0.2) is 0 Å². The molecule has 4 heteroatoms. The van der Waals surface area contributed by atoms with Crippen LogP contribution in [0.4, 0.5) is 5.69 Å². The van der Waals surface area contributed by atoms with Gasteiger partial charge in [0.2, 0.25) is 5.91 Å². The van der Waals surface area contributed by atoms with Crippen LogP contribution in [0.1, 0.15) is 18.9 Å². The topological polar surface area (TPSA) is 49.8 Å². The van der Waals surface area contributed by atoms with E-state index < -0.39 is 0 Å². The van der Waals surface area contributed by atoms with Crippen LogP contribution in [0.3, 0.4) is 0 Å². The molecule has 4 nitrogen and oxygen atoms in total. The minimum absolute atomic E-state index is 0.00167. The van der Waals surface area contributed by atoms with Gasteiger partial charge in [-0.15, -0.1) is 0 Å². The van der Waals surface area contributed by atoms with Crippen molar-refractivity contribution >= 4 is 11.6 Å². The normalized spacial score (nSPS) is 23.6. The molecule has 0 aromatic heterocycles. The van der Waals surface area contributed by atoms with Gasteiger partial charge in [0.05, 0.1) is 12.8 Å². The summed E-state index contributed by atoms with van der Waals surface area (Å²) in [5.41, 5.74) is 1.88. The highest BCUT2D eigenvalue weighted by molar-refractivity contribution is 5.98. The smallest absolute Gasteiger partial charge is 0.227 e. The number of aliphatic hydroxyl groups excluding tert-OH is 1. The number of aliphatic hydroxyl groups is 1. The van der Waals surface area contributed by atoms with E-state index in [0.717, 1.165) is 11.3 Å². The van der Waals surface area contributed by atoms with Gasteiger partial charge in [0, 0.05) is 25.0 Å². The Kier molecular flexibility index (Phi) is 3.57. The largest absolute Gasteiger partial charge is 0.495 e. The maximum atomic E-state index is 12.1. The first-order valence-corrected chi connectivity index (χ1v) is 6.16. The van der Waals surface area contributed by atoms with Crippen molar-refractivity contribution in [2.45, 2.75) is 26.3 Å².